The van der Waals surface area contributed by atoms with Gasteiger partial charge in [0.1, 0.15) is 0 Å². The van der Waals surface area contributed by atoms with Crippen LogP contribution in [0.3, 0.4) is 0 Å². The van der Waals surface area contributed by atoms with Gasteiger partial charge in [0.05, 0.1) is 5.57 Å². The first kappa shape index (κ1) is 33.8. The first-order chi connectivity index (χ1) is 20.7. The molecule has 0 unspecified atom stereocenters. The number of hydrogen-bond acceptors (Lipinski definition) is 0. The molecule has 228 valence electrons. The minimum atomic E-state index is 0.859. The molecule has 0 aromatic heterocycles. The van der Waals surface area contributed by atoms with E-state index in [9.17, 15) is 5.53 Å². The Balaban J connectivity index is 1.68. The first-order valence-corrected chi connectivity index (χ1v) is 17.5. The molecular weight excluding hydrogens is 508 g/mol. The summed E-state index contributed by atoms with van der Waals surface area (Å²) in [5.41, 5.74) is 19.2. The van der Waals surface area contributed by atoms with Gasteiger partial charge < -0.3 is 5.53 Å². The fourth-order valence-electron chi connectivity index (χ4n) is 5.93. The fraction of sp³-hybridized carbons (Fsp3) is 0.550. The van der Waals surface area contributed by atoms with Gasteiger partial charge in [-0.05, 0) is 73.9 Å². The maximum Gasteiger partial charge on any atom is 0.214 e. The van der Waals surface area contributed by atoms with Gasteiger partial charge in [0.15, 0.2) is 0 Å². The number of hydrogen-bond donors (Lipinski definition) is 0. The van der Waals surface area contributed by atoms with Crippen LogP contribution in [0.15, 0.2) is 72.3 Å². The van der Waals surface area contributed by atoms with Crippen molar-refractivity contribution >= 4 is 11.4 Å². The third-order valence-electron chi connectivity index (χ3n) is 8.64. The summed E-state index contributed by atoms with van der Waals surface area (Å²) in [6.45, 7) is 6.80. The van der Waals surface area contributed by atoms with Crippen LogP contribution in [-0.2, 0) is 12.8 Å². The topological polar surface area (TPSA) is 25.3 Å². The molecule has 0 N–H and O–H groups in total. The van der Waals surface area contributed by atoms with Crippen molar-refractivity contribution in [3.05, 3.63) is 100 Å². The van der Waals surface area contributed by atoms with E-state index in [1.807, 2.05) is 0 Å². The number of unbranched alkanes of at least 4 members (excludes halogenated alkanes) is 14. The predicted molar refractivity (Wildman–Crippen MR) is 183 cm³/mol. The van der Waals surface area contributed by atoms with Crippen LogP contribution in [0.25, 0.3) is 16.9 Å². The van der Waals surface area contributed by atoms with Gasteiger partial charge in [-0.25, -0.2) is 4.70 Å². The molecule has 2 aromatic rings. The summed E-state index contributed by atoms with van der Waals surface area (Å²) in [5.74, 6) is 0. The molecule has 0 aliphatic carbocycles. The largest absolute Gasteiger partial charge is 0.493 e. The number of rotatable bonds is 22. The maximum atomic E-state index is 11.5. The van der Waals surface area contributed by atoms with Crippen molar-refractivity contribution in [3.63, 3.8) is 0 Å². The van der Waals surface area contributed by atoms with Crippen molar-refractivity contribution in [1.82, 2.24) is 0 Å². The van der Waals surface area contributed by atoms with Gasteiger partial charge in [0, 0.05) is 17.2 Å². The minimum Gasteiger partial charge on any atom is -0.493 e. The zero-order valence-electron chi connectivity index (χ0n) is 27.2. The molecule has 0 spiro atoms. The summed E-state index contributed by atoms with van der Waals surface area (Å²) in [4.78, 5) is 0. The molecule has 1 aliphatic heterocycles. The highest BCUT2D eigenvalue weighted by Crippen LogP contribution is 2.36. The molecular formula is C40H58N2. The average Bonchev–Trinajstić information content (AvgIpc) is 3.34. The van der Waals surface area contributed by atoms with Gasteiger partial charge in [-0.3, -0.25) is 0 Å². The third kappa shape index (κ3) is 11.5. The quantitative estimate of drug-likeness (QED) is 0.100. The number of aryl methyl sites for hydroxylation is 2. The van der Waals surface area contributed by atoms with E-state index < -0.39 is 0 Å². The van der Waals surface area contributed by atoms with E-state index in [0.717, 1.165) is 47.4 Å². The second kappa shape index (κ2) is 20.2. The van der Waals surface area contributed by atoms with Crippen LogP contribution in [0.5, 0.6) is 0 Å². The van der Waals surface area contributed by atoms with Crippen LogP contribution >= 0.6 is 0 Å². The molecule has 2 heteroatoms. The van der Waals surface area contributed by atoms with E-state index >= 15 is 0 Å². The second-order valence-electron chi connectivity index (χ2n) is 12.3. The second-order valence-corrected chi connectivity index (χ2v) is 12.3. The minimum absolute atomic E-state index is 0.859. The molecule has 42 heavy (non-hydrogen) atoms. The smallest absolute Gasteiger partial charge is 0.214 e. The summed E-state index contributed by atoms with van der Waals surface area (Å²) < 4.78 is 1.42. The van der Waals surface area contributed by atoms with Crippen LogP contribution < -0.4 is 0 Å². The maximum absolute atomic E-state index is 11.5. The van der Waals surface area contributed by atoms with Crippen LogP contribution in [-0.4, -0.2) is 4.70 Å². The Hall–Kier alpha value is -2.74. The average molecular weight is 567 g/mol. The normalized spacial score (nSPS) is 13.5. The predicted octanol–water partition coefficient (Wildman–Crippen LogP) is 12.8. The van der Waals surface area contributed by atoms with E-state index in [1.165, 1.54) is 119 Å². The Labute approximate surface area is 258 Å². The van der Waals surface area contributed by atoms with Crippen molar-refractivity contribution in [3.8, 4) is 0 Å². The molecule has 0 atom stereocenters. The Morgan fingerprint density at radius 2 is 1.00 bits per heavy atom. The Morgan fingerprint density at radius 3 is 1.52 bits per heavy atom. The lowest BCUT2D eigenvalue weighted by atomic mass is 10.0. The van der Waals surface area contributed by atoms with Crippen molar-refractivity contribution in [2.24, 2.45) is 0 Å². The molecule has 0 amide bonds. The van der Waals surface area contributed by atoms with Crippen LogP contribution in [0.2, 0.25) is 0 Å². The van der Waals surface area contributed by atoms with Gasteiger partial charge >= 0.3 is 0 Å². The standard InChI is InChI=1S/C40H58N2/c1-4-7-10-13-14-15-16-17-18-21-24-38-33-39(36-29-25-34(26-30-36)22-19-11-8-5-2)42(41)40(38)37-31-27-35(28-32-37)23-20-12-9-6-3/h21,24-33H,4-20,22-23H2,1-3H3. The molecule has 0 bridgehead atoms. The first-order valence-electron chi connectivity index (χ1n) is 17.5. The lowest BCUT2D eigenvalue weighted by molar-refractivity contribution is -0.344. The Bertz CT molecular complexity index is 1130. The van der Waals surface area contributed by atoms with Crippen LogP contribution in [0.1, 0.15) is 152 Å². The van der Waals surface area contributed by atoms with Crippen LogP contribution in [0.4, 0.5) is 0 Å². The van der Waals surface area contributed by atoms with Gasteiger partial charge in [-0.15, -0.1) is 0 Å². The lowest BCUT2D eigenvalue weighted by Gasteiger charge is -2.10. The molecule has 0 saturated heterocycles. The zero-order chi connectivity index (χ0) is 29.8. The van der Waals surface area contributed by atoms with Crippen LogP contribution in [0, 0.1) is 0 Å². The zero-order valence-corrected chi connectivity index (χ0v) is 27.2. The van der Waals surface area contributed by atoms with Gasteiger partial charge in [0.25, 0.3) is 0 Å². The molecule has 0 radical (unpaired) electrons. The van der Waals surface area contributed by atoms with Gasteiger partial charge in [0.2, 0.25) is 11.4 Å². The van der Waals surface area contributed by atoms with E-state index in [4.69, 9.17) is 0 Å². The summed E-state index contributed by atoms with van der Waals surface area (Å²) >= 11 is 0. The Kier molecular flexibility index (Phi) is 16.2. The highest BCUT2D eigenvalue weighted by Gasteiger charge is 2.27. The lowest BCUT2D eigenvalue weighted by Crippen LogP contribution is -2.02. The number of benzene rings is 2. The van der Waals surface area contributed by atoms with Crippen molar-refractivity contribution < 1.29 is 4.70 Å². The van der Waals surface area contributed by atoms with Gasteiger partial charge in [-0.2, -0.15) is 0 Å². The highest BCUT2D eigenvalue weighted by atomic mass is 15.2. The molecule has 1 aliphatic rings. The van der Waals surface area contributed by atoms with E-state index in [-0.39, 0.29) is 0 Å². The van der Waals surface area contributed by atoms with Crippen molar-refractivity contribution in [2.45, 2.75) is 143 Å². The highest BCUT2D eigenvalue weighted by molar-refractivity contribution is 5.80. The fourth-order valence-corrected chi connectivity index (χ4v) is 5.93. The molecule has 2 nitrogen and oxygen atoms in total. The number of allylic oxidation sites excluding steroid dienone is 4. The third-order valence-corrected chi connectivity index (χ3v) is 8.64. The van der Waals surface area contributed by atoms with Crippen molar-refractivity contribution in [2.75, 3.05) is 0 Å². The Morgan fingerprint density at radius 1 is 0.548 bits per heavy atom. The molecule has 1 heterocycles. The van der Waals surface area contributed by atoms with E-state index in [1.54, 1.807) is 0 Å². The molecule has 3 rings (SSSR count). The molecule has 0 fully saturated rings. The number of nitrogens with zero attached hydrogens (tertiary/aromatic N) is 2. The van der Waals surface area contributed by atoms with Gasteiger partial charge in [-0.1, -0.05) is 141 Å². The summed E-state index contributed by atoms with van der Waals surface area (Å²) in [5, 5.41) is 0. The van der Waals surface area contributed by atoms with E-state index in [2.05, 4.69) is 87.5 Å². The molecule has 0 saturated carbocycles. The molecule has 2 aromatic carbocycles. The van der Waals surface area contributed by atoms with Crippen molar-refractivity contribution in [1.29, 1.82) is 0 Å². The summed E-state index contributed by atoms with van der Waals surface area (Å²) in [6.07, 6.45) is 31.0. The summed E-state index contributed by atoms with van der Waals surface area (Å²) in [7, 11) is 0. The van der Waals surface area contributed by atoms with E-state index in [0.29, 0.717) is 0 Å². The summed E-state index contributed by atoms with van der Waals surface area (Å²) in [6, 6.07) is 17.7. The SMILES string of the molecule is CCCCCCCCCCC=CC1=C(c2ccc(CCCCCC)cc2)[N+](=[N-])C(c2ccc(CCCCCC)cc2)=C1. The monoisotopic (exact) mass is 566 g/mol.